The fourth-order valence-corrected chi connectivity index (χ4v) is 6.12. The summed E-state index contributed by atoms with van der Waals surface area (Å²) in [4.78, 5) is 13.9. The van der Waals surface area contributed by atoms with Gasteiger partial charge in [-0.2, -0.15) is 0 Å². The van der Waals surface area contributed by atoms with Gasteiger partial charge in [0.1, 0.15) is 5.78 Å². The van der Waals surface area contributed by atoms with E-state index in [1.54, 1.807) is 28.4 Å². The van der Waals surface area contributed by atoms with Gasteiger partial charge in [0.25, 0.3) is 0 Å². The van der Waals surface area contributed by atoms with Crippen LogP contribution in [0.2, 0.25) is 0 Å². The number of methoxy groups -OCH3 is 4. The maximum atomic E-state index is 13.9. The molecule has 0 amide bonds. The lowest BCUT2D eigenvalue weighted by molar-refractivity contribution is -0.132. The number of rotatable bonds is 6. The van der Waals surface area contributed by atoms with Gasteiger partial charge >= 0.3 is 0 Å². The Morgan fingerprint density at radius 1 is 0.677 bits per heavy atom. The monoisotopic (exact) mass is 422 g/mol. The third-order valence-corrected chi connectivity index (χ3v) is 7.92. The van der Waals surface area contributed by atoms with Crippen LogP contribution in [0.1, 0.15) is 55.1 Å². The number of Topliss-reactive ketones (excluding diaryl/α,β-unsaturated/α-hetero) is 1. The Labute approximate surface area is 183 Å². The standard InChI is InChI=1S/C26H30O5/c1-28-20-8-6-16(12-22(20)30-3)18-14-25(18)10-5-11-26(24(25)27)15-19(26)17-7-9-21(29-2)23(13-17)31-4/h6-9,12-13,18-19H,5,10-11,14-15H2,1-4H3/t18-,19-,25+,26+/m0/s1. The topological polar surface area (TPSA) is 54.0 Å². The number of benzene rings is 2. The Balaban J connectivity index is 1.40. The summed E-state index contributed by atoms with van der Waals surface area (Å²) in [6.45, 7) is 0. The van der Waals surface area contributed by atoms with Gasteiger partial charge in [-0.05, 0) is 72.9 Å². The molecule has 2 spiro atoms. The number of hydrogen-bond acceptors (Lipinski definition) is 5. The molecular weight excluding hydrogens is 392 g/mol. The minimum Gasteiger partial charge on any atom is -0.493 e. The summed E-state index contributed by atoms with van der Waals surface area (Å²) in [5.41, 5.74) is 1.96. The van der Waals surface area contributed by atoms with Crippen LogP contribution in [0.4, 0.5) is 0 Å². The lowest BCUT2D eigenvalue weighted by Gasteiger charge is -2.30. The van der Waals surface area contributed by atoms with Crippen LogP contribution in [0.25, 0.3) is 0 Å². The molecule has 31 heavy (non-hydrogen) atoms. The average molecular weight is 423 g/mol. The van der Waals surface area contributed by atoms with Crippen molar-refractivity contribution in [3.8, 4) is 23.0 Å². The number of carbonyl (C=O) groups excluding carboxylic acids is 1. The normalized spacial score (nSPS) is 30.9. The molecule has 5 rings (SSSR count). The number of ketones is 1. The molecule has 2 aromatic carbocycles. The third kappa shape index (κ3) is 2.93. The summed E-state index contributed by atoms with van der Waals surface area (Å²) < 4.78 is 21.7. The molecule has 0 heterocycles. The summed E-state index contributed by atoms with van der Waals surface area (Å²) >= 11 is 0. The first-order chi connectivity index (χ1) is 15.0. The van der Waals surface area contributed by atoms with Gasteiger partial charge in [-0.3, -0.25) is 4.79 Å². The van der Waals surface area contributed by atoms with E-state index in [-0.39, 0.29) is 22.7 Å². The van der Waals surface area contributed by atoms with Gasteiger partial charge in [-0.25, -0.2) is 0 Å². The fraction of sp³-hybridized carbons (Fsp3) is 0.500. The summed E-state index contributed by atoms with van der Waals surface area (Å²) in [7, 11) is 6.60. The van der Waals surface area contributed by atoms with Gasteiger partial charge in [-0.1, -0.05) is 18.6 Å². The van der Waals surface area contributed by atoms with Crippen LogP contribution >= 0.6 is 0 Å². The second-order valence-corrected chi connectivity index (χ2v) is 9.24. The van der Waals surface area contributed by atoms with Gasteiger partial charge in [0.05, 0.1) is 28.4 Å². The van der Waals surface area contributed by atoms with E-state index in [0.29, 0.717) is 5.78 Å². The number of ether oxygens (including phenoxy) is 4. The maximum Gasteiger partial charge on any atom is 0.160 e. The first-order valence-electron chi connectivity index (χ1n) is 11.0. The van der Waals surface area contributed by atoms with E-state index in [2.05, 4.69) is 12.1 Å². The van der Waals surface area contributed by atoms with Crippen molar-refractivity contribution < 1.29 is 23.7 Å². The zero-order chi connectivity index (χ0) is 21.8. The number of carbonyl (C=O) groups is 1. The maximum absolute atomic E-state index is 13.9. The summed E-state index contributed by atoms with van der Waals surface area (Å²) in [6, 6.07) is 12.2. The Hall–Kier alpha value is -2.69. The SMILES string of the molecule is COc1ccc([C@@H]2C[C@]23CCC[C@]2(C[C@H]2c2ccc(OC)c(OC)c2)C3=O)cc1OC. The van der Waals surface area contributed by atoms with Gasteiger partial charge in [0.2, 0.25) is 0 Å². The van der Waals surface area contributed by atoms with Crippen molar-refractivity contribution in [1.82, 2.24) is 0 Å². The van der Waals surface area contributed by atoms with Crippen LogP contribution in [0.15, 0.2) is 36.4 Å². The van der Waals surface area contributed by atoms with Crippen LogP contribution in [-0.4, -0.2) is 34.2 Å². The van der Waals surface area contributed by atoms with E-state index >= 15 is 0 Å². The highest BCUT2D eigenvalue weighted by atomic mass is 16.5. The minimum atomic E-state index is -0.205. The molecule has 0 aromatic heterocycles. The zero-order valence-corrected chi connectivity index (χ0v) is 18.7. The van der Waals surface area contributed by atoms with Crippen LogP contribution < -0.4 is 18.9 Å². The predicted octanol–water partition coefficient (Wildman–Crippen LogP) is 5.12. The van der Waals surface area contributed by atoms with Crippen LogP contribution in [0, 0.1) is 10.8 Å². The van der Waals surface area contributed by atoms with Crippen molar-refractivity contribution in [2.75, 3.05) is 28.4 Å². The van der Waals surface area contributed by atoms with Crippen molar-refractivity contribution >= 4 is 5.78 Å². The fourth-order valence-electron chi connectivity index (χ4n) is 6.12. The summed E-state index contributed by atoms with van der Waals surface area (Å²) in [5.74, 6) is 3.95. The quantitative estimate of drug-likeness (QED) is 0.647. The van der Waals surface area contributed by atoms with Crippen LogP contribution in [-0.2, 0) is 4.79 Å². The largest absolute Gasteiger partial charge is 0.493 e. The van der Waals surface area contributed by atoms with Crippen molar-refractivity contribution in [2.45, 2.75) is 43.9 Å². The van der Waals surface area contributed by atoms with E-state index in [0.717, 1.165) is 55.1 Å². The Morgan fingerprint density at radius 3 is 1.48 bits per heavy atom. The van der Waals surface area contributed by atoms with E-state index in [4.69, 9.17) is 18.9 Å². The minimum absolute atomic E-state index is 0.205. The number of hydrogen-bond donors (Lipinski definition) is 0. The molecule has 0 unspecified atom stereocenters. The van der Waals surface area contributed by atoms with Gasteiger partial charge in [0, 0.05) is 10.8 Å². The Morgan fingerprint density at radius 2 is 1.10 bits per heavy atom. The van der Waals surface area contributed by atoms with E-state index in [1.165, 1.54) is 11.1 Å². The van der Waals surface area contributed by atoms with E-state index in [1.807, 2.05) is 24.3 Å². The lowest BCUT2D eigenvalue weighted by atomic mass is 9.72. The molecular formula is C26H30O5. The highest BCUT2D eigenvalue weighted by Crippen LogP contribution is 2.75. The highest BCUT2D eigenvalue weighted by molar-refractivity contribution is 5.98. The predicted molar refractivity (Wildman–Crippen MR) is 118 cm³/mol. The Kier molecular flexibility index (Phi) is 4.68. The van der Waals surface area contributed by atoms with Gasteiger partial charge in [-0.15, -0.1) is 0 Å². The smallest absolute Gasteiger partial charge is 0.160 e. The lowest BCUT2D eigenvalue weighted by Crippen LogP contribution is -2.33. The molecule has 2 aromatic rings. The molecule has 3 aliphatic carbocycles. The average Bonchev–Trinajstić information content (AvgIpc) is 3.72. The molecule has 5 heteroatoms. The second-order valence-electron chi connectivity index (χ2n) is 9.24. The molecule has 0 N–H and O–H groups in total. The third-order valence-electron chi connectivity index (χ3n) is 7.92. The molecule has 4 atom stereocenters. The molecule has 0 bridgehead atoms. The summed E-state index contributed by atoms with van der Waals surface area (Å²) in [5, 5.41) is 0. The molecule has 3 fully saturated rings. The molecule has 0 aliphatic heterocycles. The molecule has 5 nitrogen and oxygen atoms in total. The molecule has 3 aliphatic rings. The van der Waals surface area contributed by atoms with Gasteiger partial charge in [0.15, 0.2) is 23.0 Å². The molecule has 0 saturated heterocycles. The van der Waals surface area contributed by atoms with Crippen LogP contribution in [0.5, 0.6) is 23.0 Å². The van der Waals surface area contributed by atoms with E-state index < -0.39 is 0 Å². The van der Waals surface area contributed by atoms with Crippen molar-refractivity contribution in [2.24, 2.45) is 10.8 Å². The van der Waals surface area contributed by atoms with Crippen molar-refractivity contribution in [1.29, 1.82) is 0 Å². The molecule has 3 saturated carbocycles. The zero-order valence-electron chi connectivity index (χ0n) is 18.7. The summed E-state index contributed by atoms with van der Waals surface area (Å²) in [6.07, 6.45) is 4.99. The Bertz CT molecular complexity index is 951. The van der Waals surface area contributed by atoms with Gasteiger partial charge < -0.3 is 18.9 Å². The highest BCUT2D eigenvalue weighted by Gasteiger charge is 2.72. The molecule has 164 valence electrons. The van der Waals surface area contributed by atoms with Crippen LogP contribution in [0.3, 0.4) is 0 Å². The second kappa shape index (κ2) is 7.18. The molecule has 0 radical (unpaired) electrons. The van der Waals surface area contributed by atoms with Crippen molar-refractivity contribution in [3.63, 3.8) is 0 Å². The first-order valence-corrected chi connectivity index (χ1v) is 11.0. The first kappa shape index (κ1) is 20.2. The van der Waals surface area contributed by atoms with E-state index in [9.17, 15) is 4.79 Å². The van der Waals surface area contributed by atoms with Crippen molar-refractivity contribution in [3.05, 3.63) is 47.5 Å².